The van der Waals surface area contributed by atoms with Crippen molar-refractivity contribution in [2.75, 3.05) is 5.75 Å². The molecule has 0 fully saturated rings. The number of thioether (sulfide) groups is 1. The predicted octanol–water partition coefficient (Wildman–Crippen LogP) is 3.18. The van der Waals surface area contributed by atoms with Crippen molar-refractivity contribution in [1.29, 1.82) is 0 Å². The Kier molecular flexibility index (Phi) is 3.79. The van der Waals surface area contributed by atoms with Gasteiger partial charge in [0, 0.05) is 29.0 Å². The Labute approximate surface area is 125 Å². The van der Waals surface area contributed by atoms with Crippen molar-refractivity contribution in [2.24, 2.45) is 0 Å². The zero-order chi connectivity index (χ0) is 14.7. The molecule has 2 aromatic rings. The Morgan fingerprint density at radius 3 is 3.19 bits per heavy atom. The number of carboxylic acids is 1. The predicted molar refractivity (Wildman–Crippen MR) is 83.1 cm³/mol. The van der Waals surface area contributed by atoms with Crippen LogP contribution in [0.25, 0.3) is 17.1 Å². The Bertz CT molecular complexity index is 774. The van der Waals surface area contributed by atoms with Crippen LogP contribution in [0.1, 0.15) is 5.56 Å². The van der Waals surface area contributed by atoms with Crippen LogP contribution in [0.4, 0.5) is 0 Å². The molecule has 106 valence electrons. The van der Waals surface area contributed by atoms with Gasteiger partial charge in [-0.25, -0.2) is 9.78 Å². The van der Waals surface area contributed by atoms with Gasteiger partial charge in [-0.05, 0) is 29.7 Å². The maximum absolute atomic E-state index is 10.6. The third kappa shape index (κ3) is 3.17. The summed E-state index contributed by atoms with van der Waals surface area (Å²) in [4.78, 5) is 17.9. The van der Waals surface area contributed by atoms with Crippen molar-refractivity contribution < 1.29 is 14.6 Å². The fraction of sp³-hybridized carbons (Fsp3) is 0.0667. The number of hydrogen-bond acceptors (Lipinski definition) is 4. The van der Waals surface area contributed by atoms with Crippen LogP contribution in [0.3, 0.4) is 0 Å². The summed E-state index contributed by atoms with van der Waals surface area (Å²) < 4.78 is 5.76. The Morgan fingerprint density at radius 1 is 1.52 bits per heavy atom. The molecule has 1 aliphatic heterocycles. The van der Waals surface area contributed by atoms with Crippen molar-refractivity contribution in [2.45, 2.75) is 0 Å². The molecule has 1 aliphatic rings. The standard InChI is InChI=1S/C15H12N2O3S/c18-14(19)2-1-10-8-16-15-13(10)7-12(9-17-15)20-11-3-5-21-6-4-11/h1-5,7-9H,6H2,(H,16,17)(H,18,19)/b2-1+. The lowest BCUT2D eigenvalue weighted by atomic mass is 10.2. The molecule has 6 heteroatoms. The number of aliphatic carboxylic acids is 1. The van der Waals surface area contributed by atoms with E-state index in [4.69, 9.17) is 9.84 Å². The van der Waals surface area contributed by atoms with Gasteiger partial charge in [0.2, 0.25) is 0 Å². The van der Waals surface area contributed by atoms with Gasteiger partial charge in [0.15, 0.2) is 0 Å². The van der Waals surface area contributed by atoms with Crippen molar-refractivity contribution in [3.63, 3.8) is 0 Å². The number of rotatable bonds is 4. The summed E-state index contributed by atoms with van der Waals surface area (Å²) in [6.45, 7) is 0. The molecule has 3 rings (SSSR count). The number of carbonyl (C=O) groups is 1. The molecule has 0 atom stereocenters. The minimum atomic E-state index is -0.986. The number of H-pyrrole nitrogens is 1. The molecule has 2 N–H and O–H groups in total. The first-order valence-electron chi connectivity index (χ1n) is 6.27. The maximum Gasteiger partial charge on any atom is 0.328 e. The van der Waals surface area contributed by atoms with E-state index in [9.17, 15) is 4.79 Å². The summed E-state index contributed by atoms with van der Waals surface area (Å²) >= 11 is 1.70. The number of fused-ring (bicyclic) bond motifs is 1. The Morgan fingerprint density at radius 2 is 2.43 bits per heavy atom. The summed E-state index contributed by atoms with van der Waals surface area (Å²) in [5.41, 5.74) is 1.45. The second-order valence-electron chi connectivity index (χ2n) is 4.33. The van der Waals surface area contributed by atoms with Gasteiger partial charge >= 0.3 is 5.97 Å². The minimum absolute atomic E-state index is 0.620. The van der Waals surface area contributed by atoms with E-state index in [0.717, 1.165) is 28.5 Å². The molecule has 0 aliphatic carbocycles. The first kappa shape index (κ1) is 13.5. The first-order valence-corrected chi connectivity index (χ1v) is 7.31. The number of hydrogen-bond donors (Lipinski definition) is 2. The largest absolute Gasteiger partial charge is 0.478 e. The van der Waals surface area contributed by atoms with Crippen molar-refractivity contribution >= 4 is 34.8 Å². The lowest BCUT2D eigenvalue weighted by Gasteiger charge is -2.08. The van der Waals surface area contributed by atoms with Crippen LogP contribution in [0, 0.1) is 0 Å². The molecule has 2 aromatic heterocycles. The van der Waals surface area contributed by atoms with Crippen LogP contribution in [0.15, 0.2) is 47.9 Å². The molecule has 0 saturated carbocycles. The highest BCUT2D eigenvalue weighted by Gasteiger charge is 2.07. The zero-order valence-corrected chi connectivity index (χ0v) is 11.8. The molecule has 21 heavy (non-hydrogen) atoms. The highest BCUT2D eigenvalue weighted by molar-refractivity contribution is 8.02. The van der Waals surface area contributed by atoms with Gasteiger partial charge in [-0.3, -0.25) is 0 Å². The average Bonchev–Trinajstić information content (AvgIpc) is 2.88. The second kappa shape index (κ2) is 5.88. The molecule has 0 bridgehead atoms. The normalized spacial score (nSPS) is 14.6. The molecular weight excluding hydrogens is 288 g/mol. The maximum atomic E-state index is 10.6. The minimum Gasteiger partial charge on any atom is -0.478 e. The fourth-order valence-corrected chi connectivity index (χ4v) is 2.54. The smallest absolute Gasteiger partial charge is 0.328 e. The lowest BCUT2D eigenvalue weighted by molar-refractivity contribution is -0.131. The number of pyridine rings is 1. The summed E-state index contributed by atoms with van der Waals surface area (Å²) in [6.07, 6.45) is 9.89. The molecule has 3 heterocycles. The monoisotopic (exact) mass is 300 g/mol. The Balaban J connectivity index is 1.91. The lowest BCUT2D eigenvalue weighted by Crippen LogP contribution is -1.96. The van der Waals surface area contributed by atoms with Crippen LogP contribution in [-0.2, 0) is 4.79 Å². The van der Waals surface area contributed by atoms with Crippen LogP contribution < -0.4 is 4.74 Å². The quantitative estimate of drug-likeness (QED) is 0.848. The molecule has 5 nitrogen and oxygen atoms in total. The summed E-state index contributed by atoms with van der Waals surface area (Å²) in [5, 5.41) is 11.5. The zero-order valence-electron chi connectivity index (χ0n) is 10.9. The highest BCUT2D eigenvalue weighted by Crippen LogP contribution is 2.25. The van der Waals surface area contributed by atoms with Crippen LogP contribution in [0.5, 0.6) is 5.75 Å². The van der Waals surface area contributed by atoms with Gasteiger partial charge in [-0.15, -0.1) is 11.8 Å². The molecule has 0 amide bonds. The summed E-state index contributed by atoms with van der Waals surface area (Å²) in [7, 11) is 0. The molecule has 0 radical (unpaired) electrons. The first-order chi connectivity index (χ1) is 10.2. The fourth-order valence-electron chi connectivity index (χ4n) is 1.94. The number of aromatic nitrogens is 2. The van der Waals surface area contributed by atoms with E-state index in [1.807, 2.05) is 23.6 Å². The molecule has 0 aromatic carbocycles. The summed E-state index contributed by atoms with van der Waals surface area (Å²) in [5.74, 6) is 1.31. The van der Waals surface area contributed by atoms with Gasteiger partial charge in [0.25, 0.3) is 0 Å². The molecule has 0 saturated heterocycles. The average molecular weight is 300 g/mol. The second-order valence-corrected chi connectivity index (χ2v) is 5.27. The van der Waals surface area contributed by atoms with Gasteiger partial charge in [0.05, 0.1) is 6.20 Å². The van der Waals surface area contributed by atoms with E-state index in [1.54, 1.807) is 24.2 Å². The topological polar surface area (TPSA) is 75.2 Å². The Hall–Kier alpha value is -2.47. The highest BCUT2D eigenvalue weighted by atomic mass is 32.2. The third-order valence-electron chi connectivity index (χ3n) is 2.89. The summed E-state index contributed by atoms with van der Waals surface area (Å²) in [6, 6.07) is 1.84. The number of carboxylic acid groups (broad SMARTS) is 1. The van der Waals surface area contributed by atoms with E-state index < -0.39 is 5.97 Å². The number of allylic oxidation sites excluding steroid dienone is 1. The van der Waals surface area contributed by atoms with E-state index >= 15 is 0 Å². The van der Waals surface area contributed by atoms with Gasteiger partial charge in [0.1, 0.15) is 17.2 Å². The molecule has 0 spiro atoms. The third-order valence-corrected chi connectivity index (χ3v) is 3.58. The molecule has 0 unspecified atom stereocenters. The van der Waals surface area contributed by atoms with Crippen LogP contribution in [0.2, 0.25) is 0 Å². The van der Waals surface area contributed by atoms with Gasteiger partial charge in [-0.1, -0.05) is 0 Å². The number of ether oxygens (including phenoxy) is 1. The van der Waals surface area contributed by atoms with Crippen LogP contribution >= 0.6 is 11.8 Å². The molecular formula is C15H12N2O3S. The van der Waals surface area contributed by atoms with Gasteiger partial charge in [-0.2, -0.15) is 0 Å². The number of nitrogens with one attached hydrogen (secondary N) is 1. The van der Waals surface area contributed by atoms with Crippen molar-refractivity contribution in [1.82, 2.24) is 9.97 Å². The van der Waals surface area contributed by atoms with E-state index in [2.05, 4.69) is 9.97 Å². The van der Waals surface area contributed by atoms with E-state index in [-0.39, 0.29) is 0 Å². The van der Waals surface area contributed by atoms with Crippen LogP contribution in [-0.4, -0.2) is 26.8 Å². The van der Waals surface area contributed by atoms with Gasteiger partial charge < -0.3 is 14.8 Å². The van der Waals surface area contributed by atoms with Crippen molar-refractivity contribution in [3.8, 4) is 5.75 Å². The van der Waals surface area contributed by atoms with E-state index in [0.29, 0.717) is 11.4 Å². The van der Waals surface area contributed by atoms with E-state index in [1.165, 1.54) is 6.08 Å². The van der Waals surface area contributed by atoms with Crippen molar-refractivity contribution in [3.05, 3.63) is 53.4 Å². The SMILES string of the molecule is O=C(O)/C=C/c1c[nH]c2ncc(OC3=CCSC=C3)cc12. The number of aromatic amines is 1. The number of nitrogens with zero attached hydrogens (tertiary/aromatic N) is 1.